The van der Waals surface area contributed by atoms with Crippen molar-refractivity contribution in [1.82, 2.24) is 60.5 Å². The normalized spacial score (nSPS) is 10.8. The Kier molecular flexibility index (Phi) is 87.6. The molecule has 0 heterocycles. The maximum Gasteiger partial charge on any atom is 0.106 e. The molecular weight excluding hydrogens is 883 g/mol. The minimum Gasteiger partial charge on any atom is -0.381 e. The number of hydrogen-bond donors (Lipinski definition) is 12. The van der Waals surface area contributed by atoms with Crippen molar-refractivity contribution in [2.75, 3.05) is 221 Å². The molecule has 0 fully saturated rings. The van der Waals surface area contributed by atoms with Gasteiger partial charge in [-0.05, 0) is 128 Å². The number of unbranched alkanes of at least 4 members (excludes halogenated alkanes) is 6. The van der Waals surface area contributed by atoms with Crippen molar-refractivity contribution in [2.24, 2.45) is 5.73 Å². The second-order valence-electron chi connectivity index (χ2n) is 16.5. The van der Waals surface area contributed by atoms with Crippen molar-refractivity contribution in [3.8, 4) is 0 Å². The molecule has 0 rings (SSSR count). The van der Waals surface area contributed by atoms with Crippen LogP contribution in [0.3, 0.4) is 0 Å². The third-order valence-corrected chi connectivity index (χ3v) is 9.44. The van der Waals surface area contributed by atoms with Crippen molar-refractivity contribution in [2.45, 2.75) is 57.8 Å². The van der Waals surface area contributed by atoms with Gasteiger partial charge in [-0.3, -0.25) is 24.9 Å². The van der Waals surface area contributed by atoms with Crippen LogP contribution in [0.25, 0.3) is 0 Å². The quantitative estimate of drug-likeness (QED) is 0.0207. The lowest BCUT2D eigenvalue weighted by atomic mass is 10.2. The van der Waals surface area contributed by atoms with Gasteiger partial charge in [-0.2, -0.15) is 0 Å². The van der Waals surface area contributed by atoms with Crippen LogP contribution in [0, 0.1) is 0 Å². The van der Waals surface area contributed by atoms with Gasteiger partial charge in [-0.25, -0.2) is 0 Å². The average molecular weight is 994 g/mol. The van der Waals surface area contributed by atoms with Crippen LogP contribution >= 0.6 is 0 Å². The van der Waals surface area contributed by atoms with E-state index < -0.39 is 0 Å². The van der Waals surface area contributed by atoms with E-state index in [4.69, 9.17) is 45.6 Å². The highest BCUT2D eigenvalue weighted by Crippen LogP contribution is 1.97. The van der Waals surface area contributed by atoms with E-state index >= 15 is 0 Å². The summed E-state index contributed by atoms with van der Waals surface area (Å²) in [7, 11) is 16.5. The highest BCUT2D eigenvalue weighted by atomic mass is 16.3. The van der Waals surface area contributed by atoms with Gasteiger partial charge in [-0.15, -0.1) is 0 Å². The molecule has 0 atom stereocenters. The number of rotatable bonds is 42. The van der Waals surface area contributed by atoms with E-state index in [1.54, 1.807) is 9.80 Å². The summed E-state index contributed by atoms with van der Waals surface area (Å²) in [5.41, 5.74) is 5.38. The monoisotopic (exact) mass is 994 g/mol. The number of aliphatic hydroxyl groups is 7. The van der Waals surface area contributed by atoms with Crippen molar-refractivity contribution in [1.29, 1.82) is 0 Å². The van der Waals surface area contributed by atoms with Crippen LogP contribution in [-0.4, -0.2) is 317 Å². The molecule has 0 saturated carbocycles. The Hall–Kier alpha value is -1.79. The maximum atomic E-state index is 9.28. The second-order valence-corrected chi connectivity index (χ2v) is 16.5. The maximum absolute atomic E-state index is 9.28. The van der Waals surface area contributed by atoms with Crippen molar-refractivity contribution in [3.63, 3.8) is 0 Å². The fourth-order valence-corrected chi connectivity index (χ4v) is 5.16. The zero-order valence-electron chi connectivity index (χ0n) is 44.7. The molecule has 23 nitrogen and oxygen atoms in total. The Balaban J connectivity index is -0.000000142. The minimum absolute atomic E-state index is 0.00743. The molecule has 0 aromatic carbocycles. The molecule has 0 radical (unpaired) electrons. The lowest BCUT2D eigenvalue weighted by molar-refractivity contribution is -0.0987. The lowest BCUT2D eigenvalue weighted by Gasteiger charge is -2.27. The summed E-state index contributed by atoms with van der Waals surface area (Å²) in [6, 6.07) is 0. The molecule has 0 unspecified atom stereocenters. The SMILES string of the molecule is C=O.C=O.C=O.CN(C)CCN(CO)CCN(CO)CCN(CO)CO.CN(C)CCNCCCCCN.CN(C)CCNCCCCCN(CO)CO.CN(C)CCNCCCCCNCO. The minimum atomic E-state index is -0.207. The zero-order chi connectivity index (χ0) is 53.5. The first-order valence-corrected chi connectivity index (χ1v) is 24.0. The van der Waals surface area contributed by atoms with Crippen LogP contribution in [0.15, 0.2) is 0 Å². The summed E-state index contributed by atoms with van der Waals surface area (Å²) < 4.78 is 0. The summed E-state index contributed by atoms with van der Waals surface area (Å²) in [6.45, 7) is 21.7. The van der Waals surface area contributed by atoms with Crippen LogP contribution < -0.4 is 27.0 Å². The van der Waals surface area contributed by atoms with Gasteiger partial charge < -0.3 is 91.4 Å². The van der Waals surface area contributed by atoms with Crippen LogP contribution in [0.2, 0.25) is 0 Å². The molecule has 0 aliphatic carbocycles. The number of nitrogens with zero attached hydrogens (tertiary/aromatic N) is 8. The van der Waals surface area contributed by atoms with E-state index in [2.05, 4.69) is 78.3 Å². The van der Waals surface area contributed by atoms with E-state index in [9.17, 15) is 10.2 Å². The highest BCUT2D eigenvalue weighted by molar-refractivity contribution is 5.11. The first-order valence-electron chi connectivity index (χ1n) is 24.0. The van der Waals surface area contributed by atoms with Crippen LogP contribution in [0.1, 0.15) is 57.8 Å². The predicted molar refractivity (Wildman–Crippen MR) is 279 cm³/mol. The average Bonchev–Trinajstić information content (AvgIpc) is 3.34. The van der Waals surface area contributed by atoms with Gasteiger partial charge in [0.1, 0.15) is 20.4 Å². The van der Waals surface area contributed by atoms with Gasteiger partial charge >= 0.3 is 0 Å². The standard InChI is InChI=1S/C12H30N4O4.C11H27N3O2.C10H25N3O.C9H23N3.3CH2O/c1-13(2)3-4-14(9-17)5-6-15(10-18)7-8-16(11-19)12-20;1-13(2)9-7-12-6-4-3-5-8-14(10-15)11-16;1-13(2)9-8-11-6-4-3-5-7-12-10-14;1-12(2)9-8-11-7-5-3-4-6-10;3*1-2/h17-20H,3-12H2,1-2H3;12,15-16H,3-11H2,1-2H3;11-12,14H,3-10H2,1-2H3;11H,3-10H2,1-2H3;3*1H2. The Morgan fingerprint density at radius 1 is 0.309 bits per heavy atom. The van der Waals surface area contributed by atoms with Gasteiger partial charge in [0.25, 0.3) is 0 Å². The van der Waals surface area contributed by atoms with E-state index in [1.807, 2.05) is 44.3 Å². The van der Waals surface area contributed by atoms with Gasteiger partial charge in [0.05, 0.1) is 47.1 Å². The number of hydrogen-bond acceptors (Lipinski definition) is 23. The number of nitrogens with one attached hydrogen (secondary N) is 4. The summed E-state index contributed by atoms with van der Waals surface area (Å²) in [5, 5.41) is 75.5. The summed E-state index contributed by atoms with van der Waals surface area (Å²) >= 11 is 0. The fraction of sp³-hybridized carbons (Fsp3) is 0.933. The molecule has 13 N–H and O–H groups in total. The first kappa shape index (κ1) is 80.3. The Bertz CT molecular complexity index is 848. The van der Waals surface area contributed by atoms with Gasteiger partial charge in [-0.1, -0.05) is 19.3 Å². The van der Waals surface area contributed by atoms with Crippen molar-refractivity contribution in [3.05, 3.63) is 0 Å². The molecule has 0 saturated heterocycles. The van der Waals surface area contributed by atoms with Crippen molar-refractivity contribution >= 4 is 20.4 Å². The Morgan fingerprint density at radius 3 is 0.868 bits per heavy atom. The van der Waals surface area contributed by atoms with Gasteiger partial charge in [0, 0.05) is 85.1 Å². The topological polar surface area (TPSA) is 293 Å². The summed E-state index contributed by atoms with van der Waals surface area (Å²) in [4.78, 5) is 39.3. The number of likely N-dealkylation sites (N-methyl/N-ethyl adjacent to an activating group) is 4. The molecule has 416 valence electrons. The molecule has 0 aromatic heterocycles. The van der Waals surface area contributed by atoms with Crippen LogP contribution in [-0.2, 0) is 14.4 Å². The second kappa shape index (κ2) is 74.2. The molecule has 23 heteroatoms. The summed E-state index contributed by atoms with van der Waals surface area (Å²) in [6.07, 6.45) is 10.6. The number of aliphatic hydroxyl groups excluding tert-OH is 7. The molecule has 0 aliphatic heterocycles. The summed E-state index contributed by atoms with van der Waals surface area (Å²) in [5.74, 6) is 0. The largest absolute Gasteiger partial charge is 0.381 e. The molecule has 0 aromatic rings. The predicted octanol–water partition coefficient (Wildman–Crippen LogP) is -3.68. The van der Waals surface area contributed by atoms with Crippen LogP contribution in [0.5, 0.6) is 0 Å². The Morgan fingerprint density at radius 2 is 0.574 bits per heavy atom. The molecule has 68 heavy (non-hydrogen) atoms. The lowest BCUT2D eigenvalue weighted by Crippen LogP contribution is -2.42. The molecular formula is C45H111N13O10. The van der Waals surface area contributed by atoms with E-state index in [-0.39, 0.29) is 47.1 Å². The third-order valence-electron chi connectivity index (χ3n) is 9.44. The van der Waals surface area contributed by atoms with Gasteiger partial charge in [0.15, 0.2) is 0 Å². The number of carbonyl (C=O) groups excluding carboxylic acids is 3. The highest BCUT2D eigenvalue weighted by Gasteiger charge is 2.10. The molecule has 0 amide bonds. The zero-order valence-corrected chi connectivity index (χ0v) is 44.7. The van der Waals surface area contributed by atoms with E-state index in [1.165, 1.54) is 30.6 Å². The third kappa shape index (κ3) is 81.2. The number of carbonyl (C=O) groups is 3. The van der Waals surface area contributed by atoms with E-state index in [0.717, 1.165) is 124 Å². The molecule has 0 aliphatic rings. The fourth-order valence-electron chi connectivity index (χ4n) is 5.16. The van der Waals surface area contributed by atoms with Crippen LogP contribution in [0.4, 0.5) is 0 Å². The first-order chi connectivity index (χ1) is 32.8. The smallest absolute Gasteiger partial charge is 0.106 e. The van der Waals surface area contributed by atoms with E-state index in [0.29, 0.717) is 26.2 Å². The molecule has 0 spiro atoms. The van der Waals surface area contributed by atoms with Gasteiger partial charge in [0.2, 0.25) is 0 Å². The Labute approximate surface area is 414 Å². The van der Waals surface area contributed by atoms with Crippen molar-refractivity contribution < 1.29 is 50.1 Å². The molecule has 0 bridgehead atoms. The number of nitrogens with two attached hydrogens (primary N) is 1.